The number of rotatable bonds is 8. The number of non-ortho nitro benzene ring substituents is 1. The summed E-state index contributed by atoms with van der Waals surface area (Å²) in [6.07, 6.45) is 0.947. The first-order chi connectivity index (χ1) is 9.38. The Morgan fingerprint density at radius 1 is 1.25 bits per heavy atom. The lowest BCUT2D eigenvalue weighted by Gasteiger charge is -2.22. The van der Waals surface area contributed by atoms with Gasteiger partial charge in [0.1, 0.15) is 0 Å². The van der Waals surface area contributed by atoms with Gasteiger partial charge in [-0.15, -0.1) is 0 Å². The van der Waals surface area contributed by atoms with Gasteiger partial charge >= 0.3 is 0 Å². The van der Waals surface area contributed by atoms with Crippen LogP contribution in [0.2, 0.25) is 0 Å². The minimum Gasteiger partial charge on any atom is -0.396 e. The third-order valence-corrected chi connectivity index (χ3v) is 2.91. The highest BCUT2D eigenvalue weighted by molar-refractivity contribution is 5.63. The largest absolute Gasteiger partial charge is 0.396 e. The van der Waals surface area contributed by atoms with E-state index in [2.05, 4.69) is 10.6 Å². The Bertz CT molecular complexity index is 461. The van der Waals surface area contributed by atoms with Crippen molar-refractivity contribution in [1.29, 1.82) is 0 Å². The fraction of sp³-hybridized carbons (Fsp3) is 0.571. The lowest BCUT2D eigenvalue weighted by molar-refractivity contribution is -0.384. The molecule has 6 heteroatoms. The van der Waals surface area contributed by atoms with Crippen LogP contribution in [0.5, 0.6) is 0 Å². The molecule has 1 aromatic carbocycles. The summed E-state index contributed by atoms with van der Waals surface area (Å²) in [5.41, 5.74) is 1.18. The summed E-state index contributed by atoms with van der Waals surface area (Å²) in [5, 5.41) is 26.5. The molecular weight excluding hydrogens is 258 g/mol. The predicted octanol–water partition coefficient (Wildman–Crippen LogP) is 2.85. The second kappa shape index (κ2) is 7.09. The summed E-state index contributed by atoms with van der Waals surface area (Å²) >= 11 is 0. The zero-order chi connectivity index (χ0) is 15.2. The number of nitro benzene ring substituents is 1. The van der Waals surface area contributed by atoms with E-state index >= 15 is 0 Å². The molecule has 0 spiro atoms. The van der Waals surface area contributed by atoms with Crippen LogP contribution in [0.25, 0.3) is 0 Å². The minimum atomic E-state index is -0.403. The van der Waals surface area contributed by atoms with Gasteiger partial charge in [0.2, 0.25) is 0 Å². The zero-order valence-corrected chi connectivity index (χ0v) is 12.3. The van der Waals surface area contributed by atoms with Crippen LogP contribution in [0.1, 0.15) is 27.2 Å². The SMILES string of the molecule is CCCNc1cc(NCC(C)(C)CO)cc([N+](=O)[O-])c1. The Balaban J connectivity index is 2.88. The molecule has 0 aliphatic carbocycles. The maximum Gasteiger partial charge on any atom is 0.273 e. The monoisotopic (exact) mass is 281 g/mol. The number of nitrogens with one attached hydrogen (secondary N) is 2. The van der Waals surface area contributed by atoms with Gasteiger partial charge in [0.25, 0.3) is 5.69 Å². The van der Waals surface area contributed by atoms with Gasteiger partial charge in [0, 0.05) is 48.6 Å². The predicted molar refractivity (Wildman–Crippen MR) is 81.2 cm³/mol. The summed E-state index contributed by atoms with van der Waals surface area (Å²) in [4.78, 5) is 10.5. The van der Waals surface area contributed by atoms with Gasteiger partial charge in [-0.1, -0.05) is 20.8 Å². The quantitative estimate of drug-likeness (QED) is 0.504. The Labute approximate surface area is 119 Å². The summed E-state index contributed by atoms with van der Waals surface area (Å²) < 4.78 is 0. The first kappa shape index (κ1) is 16.2. The van der Waals surface area contributed by atoms with Gasteiger partial charge in [-0.05, 0) is 12.5 Å². The van der Waals surface area contributed by atoms with Gasteiger partial charge in [-0.2, -0.15) is 0 Å². The van der Waals surface area contributed by atoms with E-state index in [1.807, 2.05) is 26.8 Å². The third-order valence-electron chi connectivity index (χ3n) is 2.91. The molecule has 112 valence electrons. The third kappa shape index (κ3) is 5.05. The van der Waals surface area contributed by atoms with Crippen molar-refractivity contribution in [3.63, 3.8) is 0 Å². The second-order valence-electron chi connectivity index (χ2n) is 5.63. The normalized spacial score (nSPS) is 11.2. The van der Waals surface area contributed by atoms with Crippen LogP contribution in [0.3, 0.4) is 0 Å². The van der Waals surface area contributed by atoms with E-state index in [4.69, 9.17) is 0 Å². The average molecular weight is 281 g/mol. The molecule has 0 unspecified atom stereocenters. The first-order valence-corrected chi connectivity index (χ1v) is 6.76. The van der Waals surface area contributed by atoms with Crippen LogP contribution < -0.4 is 10.6 Å². The molecule has 0 atom stereocenters. The molecule has 0 heterocycles. The highest BCUT2D eigenvalue weighted by Crippen LogP contribution is 2.25. The fourth-order valence-corrected chi connectivity index (χ4v) is 1.59. The molecule has 1 rings (SSSR count). The molecule has 0 saturated carbocycles. The Hall–Kier alpha value is -1.82. The Morgan fingerprint density at radius 3 is 2.35 bits per heavy atom. The molecule has 0 radical (unpaired) electrons. The van der Waals surface area contributed by atoms with Crippen molar-refractivity contribution in [2.75, 3.05) is 30.3 Å². The number of aliphatic hydroxyl groups is 1. The van der Waals surface area contributed by atoms with Crippen LogP contribution in [-0.4, -0.2) is 29.7 Å². The van der Waals surface area contributed by atoms with E-state index in [0.29, 0.717) is 12.2 Å². The summed E-state index contributed by atoms with van der Waals surface area (Å²) in [5.74, 6) is 0. The zero-order valence-electron chi connectivity index (χ0n) is 12.3. The molecule has 6 nitrogen and oxygen atoms in total. The van der Waals surface area contributed by atoms with Crippen LogP contribution in [0.15, 0.2) is 18.2 Å². The molecule has 0 saturated heterocycles. The number of aliphatic hydroxyl groups excluding tert-OH is 1. The van der Waals surface area contributed by atoms with E-state index in [0.717, 1.165) is 18.7 Å². The highest BCUT2D eigenvalue weighted by Gasteiger charge is 2.17. The summed E-state index contributed by atoms with van der Waals surface area (Å²) in [6.45, 7) is 7.24. The van der Waals surface area contributed by atoms with E-state index in [9.17, 15) is 15.2 Å². The molecule has 1 aromatic rings. The van der Waals surface area contributed by atoms with Gasteiger partial charge in [-0.3, -0.25) is 10.1 Å². The Morgan fingerprint density at radius 2 is 1.85 bits per heavy atom. The first-order valence-electron chi connectivity index (χ1n) is 6.76. The van der Waals surface area contributed by atoms with Crippen LogP contribution in [-0.2, 0) is 0 Å². The molecule has 0 bridgehead atoms. The number of benzene rings is 1. The molecular formula is C14H23N3O3. The molecule has 3 N–H and O–H groups in total. The van der Waals surface area contributed by atoms with E-state index < -0.39 is 4.92 Å². The summed E-state index contributed by atoms with van der Waals surface area (Å²) in [6, 6.07) is 4.87. The van der Waals surface area contributed by atoms with E-state index in [1.165, 1.54) is 12.1 Å². The molecule has 0 fully saturated rings. The van der Waals surface area contributed by atoms with Crippen molar-refractivity contribution in [2.24, 2.45) is 5.41 Å². The van der Waals surface area contributed by atoms with Crippen molar-refractivity contribution in [1.82, 2.24) is 0 Å². The fourth-order valence-electron chi connectivity index (χ4n) is 1.59. The average Bonchev–Trinajstić information content (AvgIpc) is 2.43. The standard InChI is InChI=1S/C14H23N3O3/c1-4-5-15-11-6-12(8-13(7-11)17(19)20)16-9-14(2,3)10-18/h6-8,15-16,18H,4-5,9-10H2,1-3H3. The molecule has 20 heavy (non-hydrogen) atoms. The maximum atomic E-state index is 10.9. The minimum absolute atomic E-state index is 0.0513. The lowest BCUT2D eigenvalue weighted by atomic mass is 9.95. The number of anilines is 2. The number of hydrogen-bond donors (Lipinski definition) is 3. The van der Waals surface area contributed by atoms with Gasteiger partial charge < -0.3 is 15.7 Å². The number of nitrogens with zero attached hydrogens (tertiary/aromatic N) is 1. The van der Waals surface area contributed by atoms with Crippen LogP contribution in [0.4, 0.5) is 17.1 Å². The van der Waals surface area contributed by atoms with Crippen LogP contribution >= 0.6 is 0 Å². The van der Waals surface area contributed by atoms with Gasteiger partial charge in [0.05, 0.1) is 4.92 Å². The van der Waals surface area contributed by atoms with Crippen molar-refractivity contribution in [3.8, 4) is 0 Å². The van der Waals surface area contributed by atoms with Crippen molar-refractivity contribution in [2.45, 2.75) is 27.2 Å². The Kier molecular flexibility index (Phi) is 5.76. The smallest absolute Gasteiger partial charge is 0.273 e. The van der Waals surface area contributed by atoms with Crippen molar-refractivity contribution < 1.29 is 10.0 Å². The van der Waals surface area contributed by atoms with Crippen LogP contribution in [0, 0.1) is 15.5 Å². The molecule has 0 aliphatic heterocycles. The van der Waals surface area contributed by atoms with Gasteiger partial charge in [-0.25, -0.2) is 0 Å². The number of hydrogen-bond acceptors (Lipinski definition) is 5. The molecule has 0 amide bonds. The van der Waals surface area contributed by atoms with E-state index in [-0.39, 0.29) is 17.7 Å². The van der Waals surface area contributed by atoms with Gasteiger partial charge in [0.15, 0.2) is 0 Å². The lowest BCUT2D eigenvalue weighted by Crippen LogP contribution is -2.26. The number of nitro groups is 1. The topological polar surface area (TPSA) is 87.4 Å². The molecule has 0 aromatic heterocycles. The maximum absolute atomic E-state index is 10.9. The second-order valence-corrected chi connectivity index (χ2v) is 5.63. The van der Waals surface area contributed by atoms with E-state index in [1.54, 1.807) is 0 Å². The van der Waals surface area contributed by atoms with Crippen molar-refractivity contribution in [3.05, 3.63) is 28.3 Å². The molecule has 0 aliphatic rings. The summed E-state index contributed by atoms with van der Waals surface area (Å²) in [7, 11) is 0. The highest BCUT2D eigenvalue weighted by atomic mass is 16.6. The van der Waals surface area contributed by atoms with Crippen molar-refractivity contribution >= 4 is 17.1 Å².